The highest BCUT2D eigenvalue weighted by Gasteiger charge is 2.27. The molecule has 78 valence electrons. The zero-order valence-electron chi connectivity index (χ0n) is 8.77. The van der Waals surface area contributed by atoms with Crippen LogP contribution >= 0.6 is 0 Å². The summed E-state index contributed by atoms with van der Waals surface area (Å²) < 4.78 is 2.24. The number of aryl methyl sites for hydroxylation is 1. The van der Waals surface area contributed by atoms with E-state index in [1.165, 1.54) is 12.8 Å². The minimum absolute atomic E-state index is 0.528. The lowest BCUT2D eigenvalue weighted by Crippen LogP contribution is -2.00. The normalized spacial score (nSPS) is 16.1. The summed E-state index contributed by atoms with van der Waals surface area (Å²) in [5.74, 6) is 1.06. The van der Waals surface area contributed by atoms with Gasteiger partial charge in [0.2, 0.25) is 0 Å². The van der Waals surface area contributed by atoms with Gasteiger partial charge in [-0.15, -0.1) is 0 Å². The molecule has 1 aliphatic carbocycles. The molecule has 2 aromatic rings. The second kappa shape index (κ2) is 3.03. The second-order valence-corrected chi connectivity index (χ2v) is 4.11. The molecule has 2 N–H and O–H groups in total. The average Bonchev–Trinajstić information content (AvgIpc) is 3.00. The molecule has 0 spiro atoms. The standard InChI is InChI=1S/C11H14N4/c1-7-14-10-8(6-12)4-5-13-11(10)15(7)9-2-3-9/h4-5,9H,2-3,6,12H2,1H3. The van der Waals surface area contributed by atoms with Crippen molar-refractivity contribution in [1.29, 1.82) is 0 Å². The highest BCUT2D eigenvalue weighted by Crippen LogP contribution is 2.38. The predicted octanol–water partition coefficient (Wildman–Crippen LogP) is 1.53. The number of hydrogen-bond acceptors (Lipinski definition) is 3. The van der Waals surface area contributed by atoms with Crippen LogP contribution in [0.3, 0.4) is 0 Å². The molecule has 4 nitrogen and oxygen atoms in total. The largest absolute Gasteiger partial charge is 0.326 e. The number of pyridine rings is 1. The van der Waals surface area contributed by atoms with E-state index in [-0.39, 0.29) is 0 Å². The van der Waals surface area contributed by atoms with Gasteiger partial charge in [-0.1, -0.05) is 0 Å². The van der Waals surface area contributed by atoms with Crippen molar-refractivity contribution in [1.82, 2.24) is 14.5 Å². The van der Waals surface area contributed by atoms with Gasteiger partial charge in [0.05, 0.1) is 0 Å². The van der Waals surface area contributed by atoms with Gasteiger partial charge in [-0.05, 0) is 31.4 Å². The topological polar surface area (TPSA) is 56.7 Å². The molecule has 1 saturated carbocycles. The van der Waals surface area contributed by atoms with Gasteiger partial charge in [-0.3, -0.25) is 0 Å². The molecular weight excluding hydrogens is 188 g/mol. The van der Waals surface area contributed by atoms with E-state index in [1.54, 1.807) is 0 Å². The first-order chi connectivity index (χ1) is 7.31. The SMILES string of the molecule is Cc1nc2c(CN)ccnc2n1C1CC1. The van der Waals surface area contributed by atoms with E-state index in [0.29, 0.717) is 12.6 Å². The maximum atomic E-state index is 5.69. The molecule has 1 fully saturated rings. The van der Waals surface area contributed by atoms with Crippen LogP contribution in [-0.2, 0) is 6.54 Å². The Balaban J connectivity index is 2.31. The number of aromatic nitrogens is 3. The number of rotatable bonds is 2. The van der Waals surface area contributed by atoms with Crippen molar-refractivity contribution < 1.29 is 0 Å². The molecule has 4 heteroatoms. The molecule has 0 saturated heterocycles. The fraction of sp³-hybridized carbons (Fsp3) is 0.455. The number of fused-ring (bicyclic) bond motifs is 1. The van der Waals surface area contributed by atoms with E-state index in [1.807, 2.05) is 19.2 Å². The summed E-state index contributed by atoms with van der Waals surface area (Å²) in [6.45, 7) is 2.57. The van der Waals surface area contributed by atoms with Crippen LogP contribution < -0.4 is 5.73 Å². The molecule has 0 atom stereocenters. The Morgan fingerprint density at radius 1 is 1.53 bits per heavy atom. The van der Waals surface area contributed by atoms with Crippen molar-refractivity contribution in [3.05, 3.63) is 23.7 Å². The lowest BCUT2D eigenvalue weighted by Gasteiger charge is -2.02. The van der Waals surface area contributed by atoms with E-state index in [4.69, 9.17) is 5.73 Å². The van der Waals surface area contributed by atoms with Crippen molar-refractivity contribution in [3.63, 3.8) is 0 Å². The third kappa shape index (κ3) is 1.25. The quantitative estimate of drug-likeness (QED) is 0.803. The lowest BCUT2D eigenvalue weighted by molar-refractivity contribution is 0.726. The third-order valence-electron chi connectivity index (χ3n) is 2.97. The van der Waals surface area contributed by atoms with Gasteiger partial charge in [0, 0.05) is 18.8 Å². The van der Waals surface area contributed by atoms with Crippen LogP contribution in [0.25, 0.3) is 11.2 Å². The smallest absolute Gasteiger partial charge is 0.160 e. The Labute approximate surface area is 88.1 Å². The van der Waals surface area contributed by atoms with Crippen LogP contribution in [0.2, 0.25) is 0 Å². The van der Waals surface area contributed by atoms with Crippen LogP contribution in [0.5, 0.6) is 0 Å². The summed E-state index contributed by atoms with van der Waals surface area (Å²) in [4.78, 5) is 8.98. The van der Waals surface area contributed by atoms with Gasteiger partial charge in [-0.2, -0.15) is 0 Å². The summed E-state index contributed by atoms with van der Waals surface area (Å²) in [5.41, 5.74) is 8.75. The number of nitrogens with two attached hydrogens (primary N) is 1. The van der Waals surface area contributed by atoms with Crippen LogP contribution in [-0.4, -0.2) is 14.5 Å². The molecule has 3 rings (SSSR count). The van der Waals surface area contributed by atoms with Gasteiger partial charge in [0.25, 0.3) is 0 Å². The van der Waals surface area contributed by atoms with Gasteiger partial charge in [0.15, 0.2) is 5.65 Å². The van der Waals surface area contributed by atoms with Crippen molar-refractivity contribution in [2.45, 2.75) is 32.4 Å². The van der Waals surface area contributed by atoms with Gasteiger partial charge < -0.3 is 10.3 Å². The van der Waals surface area contributed by atoms with Gasteiger partial charge in [-0.25, -0.2) is 9.97 Å². The zero-order chi connectivity index (χ0) is 10.4. The molecule has 0 unspecified atom stereocenters. The van der Waals surface area contributed by atoms with E-state index in [9.17, 15) is 0 Å². The summed E-state index contributed by atoms with van der Waals surface area (Å²) >= 11 is 0. The molecule has 1 aliphatic rings. The number of nitrogens with zero attached hydrogens (tertiary/aromatic N) is 3. The highest BCUT2D eigenvalue weighted by atomic mass is 15.2. The molecular formula is C11H14N4. The number of imidazole rings is 1. The Hall–Kier alpha value is -1.42. The Morgan fingerprint density at radius 3 is 3.00 bits per heavy atom. The van der Waals surface area contributed by atoms with Crippen LogP contribution in [0, 0.1) is 6.92 Å². The van der Waals surface area contributed by atoms with Crippen molar-refractivity contribution in [2.24, 2.45) is 5.73 Å². The maximum Gasteiger partial charge on any atom is 0.160 e. The van der Waals surface area contributed by atoms with Crippen LogP contribution in [0.15, 0.2) is 12.3 Å². The number of hydrogen-bond donors (Lipinski definition) is 1. The summed E-state index contributed by atoms with van der Waals surface area (Å²) in [5, 5.41) is 0. The zero-order valence-corrected chi connectivity index (χ0v) is 8.77. The van der Waals surface area contributed by atoms with Gasteiger partial charge in [0.1, 0.15) is 11.3 Å². The molecule has 0 radical (unpaired) electrons. The molecule has 15 heavy (non-hydrogen) atoms. The molecule has 2 aromatic heterocycles. The Kier molecular flexibility index (Phi) is 1.79. The maximum absolute atomic E-state index is 5.69. The summed E-state index contributed by atoms with van der Waals surface area (Å²) in [6, 6.07) is 2.57. The van der Waals surface area contributed by atoms with E-state index in [0.717, 1.165) is 22.6 Å². The molecule has 2 heterocycles. The van der Waals surface area contributed by atoms with Gasteiger partial charge >= 0.3 is 0 Å². The monoisotopic (exact) mass is 202 g/mol. The second-order valence-electron chi connectivity index (χ2n) is 4.11. The van der Waals surface area contributed by atoms with Crippen molar-refractivity contribution in [3.8, 4) is 0 Å². The lowest BCUT2D eigenvalue weighted by atomic mass is 10.2. The molecule has 0 bridgehead atoms. The fourth-order valence-electron chi connectivity index (χ4n) is 2.08. The molecule has 0 amide bonds. The Morgan fingerprint density at radius 2 is 2.33 bits per heavy atom. The summed E-state index contributed by atoms with van der Waals surface area (Å²) in [7, 11) is 0. The first-order valence-electron chi connectivity index (χ1n) is 5.33. The van der Waals surface area contributed by atoms with Crippen LogP contribution in [0.1, 0.15) is 30.3 Å². The van der Waals surface area contributed by atoms with E-state index >= 15 is 0 Å². The first kappa shape index (κ1) is 8.85. The third-order valence-corrected chi connectivity index (χ3v) is 2.97. The van der Waals surface area contributed by atoms with Crippen molar-refractivity contribution in [2.75, 3.05) is 0 Å². The van der Waals surface area contributed by atoms with E-state index in [2.05, 4.69) is 14.5 Å². The fourth-order valence-corrected chi connectivity index (χ4v) is 2.08. The van der Waals surface area contributed by atoms with Crippen LogP contribution in [0.4, 0.5) is 0 Å². The average molecular weight is 202 g/mol. The molecule has 0 aromatic carbocycles. The van der Waals surface area contributed by atoms with E-state index < -0.39 is 0 Å². The highest BCUT2D eigenvalue weighted by molar-refractivity contribution is 5.75. The molecule has 0 aliphatic heterocycles. The van der Waals surface area contributed by atoms with Crippen molar-refractivity contribution >= 4 is 11.2 Å². The predicted molar refractivity (Wildman–Crippen MR) is 58.4 cm³/mol. The minimum Gasteiger partial charge on any atom is -0.326 e. The Bertz CT molecular complexity index is 511. The summed E-state index contributed by atoms with van der Waals surface area (Å²) in [6.07, 6.45) is 4.33. The first-order valence-corrected chi connectivity index (χ1v) is 5.33. The minimum atomic E-state index is 0.528.